The molecule has 0 unspecified atom stereocenters. The van der Waals surface area contributed by atoms with Crippen LogP contribution in [-0.2, 0) is 9.53 Å². The lowest BCUT2D eigenvalue weighted by Crippen LogP contribution is -2.31. The maximum Gasteiger partial charge on any atom is 0.248 e. The second kappa shape index (κ2) is 8.01. The number of amides is 1. The average molecular weight is 188 g/mol. The molecule has 0 aliphatic rings. The van der Waals surface area contributed by atoms with Crippen LogP contribution in [0, 0.1) is 0 Å². The summed E-state index contributed by atoms with van der Waals surface area (Å²) in [5.74, 6) is 0.0295. The molecule has 1 amide bonds. The van der Waals surface area contributed by atoms with E-state index in [0.29, 0.717) is 13.2 Å². The van der Waals surface area contributed by atoms with Crippen molar-refractivity contribution in [1.82, 2.24) is 4.90 Å². The number of nitrogens with two attached hydrogens (primary N) is 1. The van der Waals surface area contributed by atoms with E-state index < -0.39 is 0 Å². The minimum Gasteiger partial charge on any atom is -0.370 e. The first-order chi connectivity index (χ1) is 6.22. The van der Waals surface area contributed by atoms with Crippen molar-refractivity contribution < 1.29 is 9.53 Å². The van der Waals surface area contributed by atoms with Gasteiger partial charge in [0.15, 0.2) is 0 Å². The molecular formula is C9H20N2O2. The van der Waals surface area contributed by atoms with Gasteiger partial charge in [0, 0.05) is 20.1 Å². The van der Waals surface area contributed by atoms with E-state index >= 15 is 0 Å². The Hall–Kier alpha value is -0.610. The van der Waals surface area contributed by atoms with Gasteiger partial charge in [0.1, 0.15) is 6.61 Å². The summed E-state index contributed by atoms with van der Waals surface area (Å²) in [6, 6.07) is 0. The monoisotopic (exact) mass is 188 g/mol. The standard InChI is InChI=1S/C9H20N2O2/c1-3-4-6-11(2)9(12)8-13-7-5-10/h3-8,10H2,1-2H3. The highest BCUT2D eigenvalue weighted by atomic mass is 16.5. The third-order valence-electron chi connectivity index (χ3n) is 1.76. The molecule has 0 aromatic carbocycles. The molecule has 0 fully saturated rings. The lowest BCUT2D eigenvalue weighted by Gasteiger charge is -2.16. The van der Waals surface area contributed by atoms with Crippen molar-refractivity contribution in [3.63, 3.8) is 0 Å². The lowest BCUT2D eigenvalue weighted by atomic mass is 10.3. The van der Waals surface area contributed by atoms with Gasteiger partial charge >= 0.3 is 0 Å². The van der Waals surface area contributed by atoms with Crippen molar-refractivity contribution in [3.8, 4) is 0 Å². The van der Waals surface area contributed by atoms with E-state index in [-0.39, 0.29) is 12.5 Å². The van der Waals surface area contributed by atoms with E-state index in [9.17, 15) is 4.79 Å². The third-order valence-corrected chi connectivity index (χ3v) is 1.76. The number of nitrogens with zero attached hydrogens (tertiary/aromatic N) is 1. The van der Waals surface area contributed by atoms with E-state index in [4.69, 9.17) is 10.5 Å². The molecule has 0 aliphatic carbocycles. The van der Waals surface area contributed by atoms with E-state index in [2.05, 4.69) is 6.92 Å². The van der Waals surface area contributed by atoms with Gasteiger partial charge in [0.25, 0.3) is 0 Å². The van der Waals surface area contributed by atoms with Gasteiger partial charge in [-0.15, -0.1) is 0 Å². The predicted molar refractivity (Wildman–Crippen MR) is 52.4 cm³/mol. The van der Waals surface area contributed by atoms with Crippen molar-refractivity contribution in [2.75, 3.05) is 33.4 Å². The molecule has 0 bridgehead atoms. The minimum atomic E-state index is 0.0295. The highest BCUT2D eigenvalue weighted by Crippen LogP contribution is 1.92. The van der Waals surface area contributed by atoms with E-state index in [0.717, 1.165) is 19.4 Å². The molecule has 2 N–H and O–H groups in total. The van der Waals surface area contributed by atoms with Crippen molar-refractivity contribution in [2.24, 2.45) is 5.73 Å². The number of ether oxygens (including phenoxy) is 1. The first-order valence-corrected chi connectivity index (χ1v) is 4.74. The number of rotatable bonds is 7. The minimum absolute atomic E-state index is 0.0295. The molecule has 0 saturated heterocycles. The Labute approximate surface area is 80.0 Å². The van der Waals surface area contributed by atoms with Crippen LogP contribution in [0.15, 0.2) is 0 Å². The van der Waals surface area contributed by atoms with E-state index in [1.807, 2.05) is 0 Å². The Morgan fingerprint density at radius 2 is 2.23 bits per heavy atom. The van der Waals surface area contributed by atoms with Gasteiger partial charge in [-0.1, -0.05) is 13.3 Å². The van der Waals surface area contributed by atoms with Crippen LogP contribution in [0.3, 0.4) is 0 Å². The van der Waals surface area contributed by atoms with Crippen LogP contribution >= 0.6 is 0 Å². The van der Waals surface area contributed by atoms with Gasteiger partial charge in [-0.2, -0.15) is 0 Å². The van der Waals surface area contributed by atoms with Crippen molar-refractivity contribution in [1.29, 1.82) is 0 Å². The molecular weight excluding hydrogens is 168 g/mol. The van der Waals surface area contributed by atoms with Crippen LogP contribution in [0.2, 0.25) is 0 Å². The highest BCUT2D eigenvalue weighted by Gasteiger charge is 2.06. The van der Waals surface area contributed by atoms with Gasteiger partial charge < -0.3 is 15.4 Å². The maximum atomic E-state index is 11.3. The Kier molecular flexibility index (Phi) is 7.63. The maximum absolute atomic E-state index is 11.3. The number of carbonyl (C=O) groups is 1. The summed E-state index contributed by atoms with van der Waals surface area (Å²) in [7, 11) is 1.80. The summed E-state index contributed by atoms with van der Waals surface area (Å²) in [5.41, 5.74) is 5.22. The fraction of sp³-hybridized carbons (Fsp3) is 0.889. The third kappa shape index (κ3) is 6.54. The van der Waals surface area contributed by atoms with Crippen LogP contribution in [0.5, 0.6) is 0 Å². The fourth-order valence-corrected chi connectivity index (χ4v) is 0.873. The molecule has 0 atom stereocenters. The van der Waals surface area contributed by atoms with Crippen LogP contribution < -0.4 is 5.73 Å². The zero-order valence-electron chi connectivity index (χ0n) is 8.58. The quantitative estimate of drug-likeness (QED) is 0.581. The highest BCUT2D eigenvalue weighted by molar-refractivity contribution is 5.77. The lowest BCUT2D eigenvalue weighted by molar-refractivity contribution is -0.134. The molecule has 0 aromatic heterocycles. The van der Waals surface area contributed by atoms with Gasteiger partial charge in [0.05, 0.1) is 6.61 Å². The van der Waals surface area contributed by atoms with Crippen LogP contribution in [0.4, 0.5) is 0 Å². The summed E-state index contributed by atoms with van der Waals surface area (Å²) in [6.07, 6.45) is 2.14. The molecule has 0 aliphatic heterocycles. The first kappa shape index (κ1) is 12.4. The van der Waals surface area contributed by atoms with E-state index in [1.54, 1.807) is 11.9 Å². The van der Waals surface area contributed by atoms with Crippen molar-refractivity contribution in [3.05, 3.63) is 0 Å². The SMILES string of the molecule is CCCCN(C)C(=O)COCCN. The summed E-state index contributed by atoms with van der Waals surface area (Å²) in [5, 5.41) is 0. The number of unbranched alkanes of at least 4 members (excludes halogenated alkanes) is 1. The number of hydrogen-bond donors (Lipinski definition) is 1. The second-order valence-electron chi connectivity index (χ2n) is 3.01. The summed E-state index contributed by atoms with van der Waals surface area (Å²) in [4.78, 5) is 13.0. The van der Waals surface area contributed by atoms with Crippen LogP contribution in [0.1, 0.15) is 19.8 Å². The first-order valence-electron chi connectivity index (χ1n) is 4.74. The molecule has 0 heterocycles. The summed E-state index contributed by atoms with van der Waals surface area (Å²) in [6.45, 7) is 3.97. The molecule has 4 nitrogen and oxygen atoms in total. The number of likely N-dealkylation sites (N-methyl/N-ethyl adjacent to an activating group) is 1. The molecule has 4 heteroatoms. The van der Waals surface area contributed by atoms with Crippen molar-refractivity contribution >= 4 is 5.91 Å². The molecule has 13 heavy (non-hydrogen) atoms. The summed E-state index contributed by atoms with van der Waals surface area (Å²) >= 11 is 0. The summed E-state index contributed by atoms with van der Waals surface area (Å²) < 4.78 is 5.03. The largest absolute Gasteiger partial charge is 0.370 e. The topological polar surface area (TPSA) is 55.6 Å². The molecule has 78 valence electrons. The Balaban J connectivity index is 3.45. The van der Waals surface area contributed by atoms with Gasteiger partial charge in [-0.25, -0.2) is 0 Å². The molecule has 0 aromatic rings. The Bertz CT molecular complexity index is 140. The van der Waals surface area contributed by atoms with Gasteiger partial charge in [-0.05, 0) is 6.42 Å². The molecule has 0 spiro atoms. The molecule has 0 saturated carbocycles. The van der Waals surface area contributed by atoms with Gasteiger partial charge in [0.2, 0.25) is 5.91 Å². The van der Waals surface area contributed by atoms with E-state index in [1.165, 1.54) is 0 Å². The molecule has 0 rings (SSSR count). The zero-order chi connectivity index (χ0) is 10.1. The van der Waals surface area contributed by atoms with Crippen molar-refractivity contribution in [2.45, 2.75) is 19.8 Å². The normalized spacial score (nSPS) is 10.1. The Morgan fingerprint density at radius 3 is 2.77 bits per heavy atom. The molecule has 0 radical (unpaired) electrons. The number of carbonyl (C=O) groups excluding carboxylic acids is 1. The van der Waals surface area contributed by atoms with Gasteiger partial charge in [-0.3, -0.25) is 4.79 Å². The average Bonchev–Trinajstić information content (AvgIpc) is 2.14. The predicted octanol–water partition coefficient (Wildman–Crippen LogP) is 0.220. The van der Waals surface area contributed by atoms with Crippen LogP contribution in [0.25, 0.3) is 0 Å². The number of hydrogen-bond acceptors (Lipinski definition) is 3. The second-order valence-corrected chi connectivity index (χ2v) is 3.01. The Morgan fingerprint density at radius 1 is 1.54 bits per heavy atom. The zero-order valence-corrected chi connectivity index (χ0v) is 8.58. The fourth-order valence-electron chi connectivity index (χ4n) is 0.873. The smallest absolute Gasteiger partial charge is 0.248 e. The van der Waals surface area contributed by atoms with Crippen LogP contribution in [-0.4, -0.2) is 44.2 Å².